The van der Waals surface area contributed by atoms with Crippen LogP contribution in [0.2, 0.25) is 0 Å². The molecular weight excluding hydrogens is 456 g/mol. The molecule has 4 unspecified atom stereocenters. The van der Waals surface area contributed by atoms with E-state index in [1.54, 1.807) is 0 Å². The summed E-state index contributed by atoms with van der Waals surface area (Å²) in [7, 11) is 0. The van der Waals surface area contributed by atoms with Crippen LogP contribution in [0.4, 0.5) is 0 Å². The van der Waals surface area contributed by atoms with E-state index >= 15 is 0 Å². The van der Waals surface area contributed by atoms with Crippen LogP contribution in [-0.4, -0.2) is 71.5 Å². The number of hydrogen-bond donors (Lipinski definition) is 5. The van der Waals surface area contributed by atoms with E-state index in [-0.39, 0.29) is 30.7 Å². The molecule has 0 aliphatic carbocycles. The summed E-state index contributed by atoms with van der Waals surface area (Å²) in [6, 6.07) is 5.98. The maximum atomic E-state index is 13.2. The molecule has 34 heavy (non-hydrogen) atoms. The van der Waals surface area contributed by atoms with Crippen LogP contribution in [0.25, 0.3) is 0 Å². The van der Waals surface area contributed by atoms with Crippen LogP contribution < -0.4 is 21.3 Å². The smallest absolute Gasteiger partial charge is 0.326 e. The number of carboxylic acids is 1. The third-order valence-corrected chi connectivity index (χ3v) is 6.41. The Hall–Kier alpha value is -2.59. The molecule has 0 spiro atoms. The van der Waals surface area contributed by atoms with Crippen molar-refractivity contribution in [1.29, 1.82) is 0 Å². The predicted molar refractivity (Wildman–Crippen MR) is 132 cm³/mol. The molecular formula is C24H36N4O5S. The Morgan fingerprint density at radius 2 is 1.74 bits per heavy atom. The number of hydrogen-bond acceptors (Lipinski definition) is 6. The Bertz CT molecular complexity index is 830. The molecule has 10 heteroatoms. The van der Waals surface area contributed by atoms with Crippen LogP contribution in [0, 0.1) is 5.92 Å². The van der Waals surface area contributed by atoms with E-state index in [1.807, 2.05) is 50.4 Å². The van der Waals surface area contributed by atoms with Gasteiger partial charge in [-0.25, -0.2) is 4.79 Å². The number of rotatable bonds is 13. The van der Waals surface area contributed by atoms with Crippen molar-refractivity contribution >= 4 is 35.5 Å². The monoisotopic (exact) mass is 492 g/mol. The first kappa shape index (κ1) is 27.7. The average Bonchev–Trinajstić information content (AvgIpc) is 3.34. The van der Waals surface area contributed by atoms with Gasteiger partial charge < -0.3 is 26.4 Å². The van der Waals surface area contributed by atoms with E-state index in [4.69, 9.17) is 0 Å². The number of thioether (sulfide) groups is 1. The summed E-state index contributed by atoms with van der Waals surface area (Å²) < 4.78 is 0. The van der Waals surface area contributed by atoms with Crippen molar-refractivity contribution in [2.24, 2.45) is 5.92 Å². The summed E-state index contributed by atoms with van der Waals surface area (Å²) in [5.74, 6) is -2.05. The van der Waals surface area contributed by atoms with Crippen LogP contribution in [0.15, 0.2) is 30.3 Å². The van der Waals surface area contributed by atoms with E-state index in [0.29, 0.717) is 12.2 Å². The maximum absolute atomic E-state index is 13.2. The second-order valence-corrected chi connectivity index (χ2v) is 9.80. The van der Waals surface area contributed by atoms with Crippen molar-refractivity contribution in [3.8, 4) is 0 Å². The Kier molecular flexibility index (Phi) is 11.4. The SMILES string of the molecule is CSCCC(NC(=O)C(Cc1ccccc1)NC(=O)C(NC(=O)C1CCCN1)C(C)C)C(=O)O. The Morgan fingerprint density at radius 1 is 1.06 bits per heavy atom. The molecule has 1 aromatic carbocycles. The van der Waals surface area contributed by atoms with E-state index in [1.165, 1.54) is 11.8 Å². The highest BCUT2D eigenvalue weighted by molar-refractivity contribution is 7.98. The summed E-state index contributed by atoms with van der Waals surface area (Å²) in [5.41, 5.74) is 0.819. The van der Waals surface area contributed by atoms with Crippen molar-refractivity contribution in [2.45, 2.75) is 63.7 Å². The number of nitrogens with one attached hydrogen (secondary N) is 4. The zero-order valence-electron chi connectivity index (χ0n) is 20.0. The molecule has 1 fully saturated rings. The van der Waals surface area contributed by atoms with Crippen molar-refractivity contribution < 1.29 is 24.3 Å². The Balaban J connectivity index is 2.16. The Morgan fingerprint density at radius 3 is 2.29 bits per heavy atom. The molecule has 3 amide bonds. The van der Waals surface area contributed by atoms with Gasteiger partial charge in [-0.15, -0.1) is 0 Å². The highest BCUT2D eigenvalue weighted by Crippen LogP contribution is 2.10. The molecule has 5 N–H and O–H groups in total. The van der Waals surface area contributed by atoms with Crippen molar-refractivity contribution in [3.63, 3.8) is 0 Å². The van der Waals surface area contributed by atoms with Gasteiger partial charge in [0.25, 0.3) is 0 Å². The highest BCUT2D eigenvalue weighted by Gasteiger charge is 2.32. The first-order valence-corrected chi connectivity index (χ1v) is 13.0. The third kappa shape index (κ3) is 8.64. The lowest BCUT2D eigenvalue weighted by molar-refractivity contribution is -0.142. The van der Waals surface area contributed by atoms with Crippen LogP contribution in [0.5, 0.6) is 0 Å². The van der Waals surface area contributed by atoms with Crippen molar-refractivity contribution in [1.82, 2.24) is 21.3 Å². The minimum atomic E-state index is -1.12. The van der Waals surface area contributed by atoms with Gasteiger partial charge >= 0.3 is 5.97 Å². The minimum Gasteiger partial charge on any atom is -0.480 e. The number of aliphatic carboxylic acids is 1. The maximum Gasteiger partial charge on any atom is 0.326 e. The summed E-state index contributed by atoms with van der Waals surface area (Å²) in [5, 5.41) is 20.8. The van der Waals surface area contributed by atoms with Gasteiger partial charge in [0.15, 0.2) is 0 Å². The molecule has 1 saturated heterocycles. The van der Waals surface area contributed by atoms with Gasteiger partial charge in [0, 0.05) is 6.42 Å². The van der Waals surface area contributed by atoms with Crippen molar-refractivity contribution in [2.75, 3.05) is 18.6 Å². The summed E-state index contributed by atoms with van der Waals surface area (Å²) in [6.07, 6.45) is 3.94. The minimum absolute atomic E-state index is 0.191. The van der Waals surface area contributed by atoms with Gasteiger partial charge in [-0.2, -0.15) is 11.8 Å². The largest absolute Gasteiger partial charge is 0.480 e. The fraction of sp³-hybridized carbons (Fsp3) is 0.583. The molecule has 4 atom stereocenters. The van der Waals surface area contributed by atoms with Crippen LogP contribution in [-0.2, 0) is 25.6 Å². The van der Waals surface area contributed by atoms with E-state index in [0.717, 1.165) is 18.5 Å². The number of carbonyl (C=O) groups is 4. The van der Waals surface area contributed by atoms with Gasteiger partial charge in [0.05, 0.1) is 6.04 Å². The lowest BCUT2D eigenvalue weighted by Crippen LogP contribution is -2.58. The number of benzene rings is 1. The fourth-order valence-electron chi connectivity index (χ4n) is 3.78. The van der Waals surface area contributed by atoms with Gasteiger partial charge in [0.2, 0.25) is 17.7 Å². The number of amides is 3. The highest BCUT2D eigenvalue weighted by atomic mass is 32.2. The summed E-state index contributed by atoms with van der Waals surface area (Å²) in [4.78, 5) is 50.5. The molecule has 1 aliphatic rings. The summed E-state index contributed by atoms with van der Waals surface area (Å²) >= 11 is 1.49. The van der Waals surface area contributed by atoms with Gasteiger partial charge in [0.1, 0.15) is 18.1 Å². The second-order valence-electron chi connectivity index (χ2n) is 8.81. The first-order valence-electron chi connectivity index (χ1n) is 11.6. The summed E-state index contributed by atoms with van der Waals surface area (Å²) in [6.45, 7) is 4.40. The van der Waals surface area contributed by atoms with Crippen LogP contribution >= 0.6 is 11.8 Å². The molecule has 0 aromatic heterocycles. The Labute approximate surface area is 205 Å². The van der Waals surface area contributed by atoms with Crippen molar-refractivity contribution in [3.05, 3.63) is 35.9 Å². The molecule has 1 heterocycles. The first-order chi connectivity index (χ1) is 16.2. The normalized spacial score (nSPS) is 18.1. The van der Waals surface area contributed by atoms with Gasteiger partial charge in [-0.3, -0.25) is 14.4 Å². The average molecular weight is 493 g/mol. The third-order valence-electron chi connectivity index (χ3n) is 5.76. The van der Waals surface area contributed by atoms with E-state index < -0.39 is 35.9 Å². The fourth-order valence-corrected chi connectivity index (χ4v) is 4.25. The molecule has 0 bridgehead atoms. The molecule has 1 aliphatic heterocycles. The molecule has 188 valence electrons. The number of carbonyl (C=O) groups excluding carboxylic acids is 3. The van der Waals surface area contributed by atoms with Crippen LogP contribution in [0.1, 0.15) is 38.7 Å². The predicted octanol–water partition coefficient (Wildman–Crippen LogP) is 0.929. The quantitative estimate of drug-likeness (QED) is 0.276. The number of carboxylic acid groups (broad SMARTS) is 1. The molecule has 0 radical (unpaired) electrons. The molecule has 2 rings (SSSR count). The van der Waals surface area contributed by atoms with Gasteiger partial charge in [-0.05, 0) is 49.3 Å². The molecule has 0 saturated carbocycles. The van der Waals surface area contributed by atoms with Gasteiger partial charge in [-0.1, -0.05) is 44.2 Å². The van der Waals surface area contributed by atoms with E-state index in [2.05, 4.69) is 21.3 Å². The lowest BCUT2D eigenvalue weighted by atomic mass is 10.00. The van der Waals surface area contributed by atoms with Crippen LogP contribution in [0.3, 0.4) is 0 Å². The second kappa shape index (κ2) is 14.0. The standard InChI is InChI=1S/C24H36N4O5S/c1-15(2)20(28-21(29)17-10-7-12-25-17)23(31)27-19(14-16-8-5-4-6-9-16)22(30)26-18(24(32)33)11-13-34-3/h4-6,8-9,15,17-20,25H,7,10-14H2,1-3H3,(H,26,30)(H,27,31)(H,28,29)(H,32,33). The zero-order chi connectivity index (χ0) is 25.1. The topological polar surface area (TPSA) is 137 Å². The molecule has 9 nitrogen and oxygen atoms in total. The zero-order valence-corrected chi connectivity index (χ0v) is 20.8. The van der Waals surface area contributed by atoms with E-state index in [9.17, 15) is 24.3 Å². The molecule has 1 aromatic rings. The lowest BCUT2D eigenvalue weighted by Gasteiger charge is -2.27.